The lowest BCUT2D eigenvalue weighted by molar-refractivity contribution is -0.125. The molecule has 0 spiro atoms. The number of esters is 1. The molecule has 0 aliphatic rings. The van der Waals surface area contributed by atoms with Gasteiger partial charge in [-0.3, -0.25) is 20.4 Å². The highest BCUT2D eigenvalue weighted by Gasteiger charge is 2.15. The molecule has 2 aromatic rings. The van der Waals surface area contributed by atoms with Crippen LogP contribution in [0.25, 0.3) is 0 Å². The van der Waals surface area contributed by atoms with Crippen LogP contribution in [-0.4, -0.2) is 36.5 Å². The number of halogens is 2. The molecular weight excluding hydrogens is 385 g/mol. The Balaban J connectivity index is 1.85. The first-order chi connectivity index (χ1) is 12.4. The first-order valence-corrected chi connectivity index (χ1v) is 7.87. The first-order valence-electron chi connectivity index (χ1n) is 7.12. The van der Waals surface area contributed by atoms with Crippen LogP contribution in [0.3, 0.4) is 0 Å². The number of pyridine rings is 1. The fourth-order valence-electron chi connectivity index (χ4n) is 1.80. The molecule has 2 amide bonds. The van der Waals surface area contributed by atoms with E-state index in [4.69, 9.17) is 32.7 Å². The van der Waals surface area contributed by atoms with Crippen LogP contribution in [0.15, 0.2) is 36.5 Å². The van der Waals surface area contributed by atoms with Crippen molar-refractivity contribution >= 4 is 41.0 Å². The summed E-state index contributed by atoms with van der Waals surface area (Å²) in [5, 5.41) is 0.547. The first kappa shape index (κ1) is 19.5. The van der Waals surface area contributed by atoms with E-state index < -0.39 is 24.4 Å². The Morgan fingerprint density at radius 3 is 2.54 bits per heavy atom. The van der Waals surface area contributed by atoms with Gasteiger partial charge in [0, 0.05) is 11.2 Å². The van der Waals surface area contributed by atoms with Crippen LogP contribution in [0.1, 0.15) is 20.7 Å². The van der Waals surface area contributed by atoms with Gasteiger partial charge in [0.15, 0.2) is 6.61 Å². The molecule has 26 heavy (non-hydrogen) atoms. The van der Waals surface area contributed by atoms with Crippen LogP contribution in [0.4, 0.5) is 0 Å². The van der Waals surface area contributed by atoms with Crippen LogP contribution < -0.4 is 15.6 Å². The molecule has 2 rings (SSSR count). The van der Waals surface area contributed by atoms with Gasteiger partial charge in [0.2, 0.25) is 0 Å². The summed E-state index contributed by atoms with van der Waals surface area (Å²) in [6, 6.07) is 7.27. The van der Waals surface area contributed by atoms with Crippen LogP contribution >= 0.6 is 23.2 Å². The van der Waals surface area contributed by atoms with E-state index >= 15 is 0 Å². The number of benzene rings is 1. The minimum Gasteiger partial charge on any atom is -0.496 e. The third-order valence-corrected chi connectivity index (χ3v) is 3.48. The molecule has 10 heteroatoms. The largest absolute Gasteiger partial charge is 0.496 e. The Bertz CT molecular complexity index is 827. The van der Waals surface area contributed by atoms with E-state index in [2.05, 4.69) is 15.8 Å². The molecule has 0 aliphatic heterocycles. The molecule has 0 bridgehead atoms. The van der Waals surface area contributed by atoms with Gasteiger partial charge >= 0.3 is 5.97 Å². The summed E-state index contributed by atoms with van der Waals surface area (Å²) in [4.78, 5) is 39.2. The SMILES string of the molecule is COc1ccc(Cl)cc1C(=O)NNC(=O)COC(=O)c1ccc(Cl)nc1. The lowest BCUT2D eigenvalue weighted by Crippen LogP contribution is -2.43. The van der Waals surface area contributed by atoms with Crippen LogP contribution in [0.2, 0.25) is 10.2 Å². The van der Waals surface area contributed by atoms with Gasteiger partial charge in [-0.1, -0.05) is 23.2 Å². The number of carbonyl (C=O) groups is 3. The lowest BCUT2D eigenvalue weighted by atomic mass is 10.2. The lowest BCUT2D eigenvalue weighted by Gasteiger charge is -2.11. The summed E-state index contributed by atoms with van der Waals surface area (Å²) >= 11 is 11.5. The Labute approximate surface area is 158 Å². The van der Waals surface area contributed by atoms with Crippen molar-refractivity contribution in [2.45, 2.75) is 0 Å². The fraction of sp³-hybridized carbons (Fsp3) is 0.125. The van der Waals surface area contributed by atoms with E-state index in [0.717, 1.165) is 0 Å². The summed E-state index contributed by atoms with van der Waals surface area (Å²) in [6.07, 6.45) is 1.22. The molecule has 0 saturated carbocycles. The molecule has 0 fully saturated rings. The second-order valence-corrected chi connectivity index (χ2v) is 5.62. The van der Waals surface area contributed by atoms with Crippen molar-refractivity contribution in [2.24, 2.45) is 0 Å². The van der Waals surface area contributed by atoms with Crippen molar-refractivity contribution in [2.75, 3.05) is 13.7 Å². The highest BCUT2D eigenvalue weighted by Crippen LogP contribution is 2.22. The zero-order valence-corrected chi connectivity index (χ0v) is 14.9. The number of hydrazine groups is 1. The van der Waals surface area contributed by atoms with Gasteiger partial charge in [-0.2, -0.15) is 0 Å². The maximum Gasteiger partial charge on any atom is 0.340 e. The molecule has 0 aliphatic carbocycles. The summed E-state index contributed by atoms with van der Waals surface area (Å²) in [5.74, 6) is -1.87. The number of carbonyl (C=O) groups excluding carboxylic acids is 3. The van der Waals surface area contributed by atoms with Crippen molar-refractivity contribution in [1.82, 2.24) is 15.8 Å². The Hall–Kier alpha value is -2.84. The van der Waals surface area contributed by atoms with Gasteiger partial charge in [-0.05, 0) is 30.3 Å². The highest BCUT2D eigenvalue weighted by atomic mass is 35.5. The monoisotopic (exact) mass is 397 g/mol. The zero-order chi connectivity index (χ0) is 19.1. The third-order valence-electron chi connectivity index (χ3n) is 3.02. The number of amides is 2. The van der Waals surface area contributed by atoms with E-state index in [9.17, 15) is 14.4 Å². The Kier molecular flexibility index (Phi) is 6.76. The van der Waals surface area contributed by atoms with Gasteiger partial charge < -0.3 is 9.47 Å². The normalized spacial score (nSPS) is 9.96. The number of hydrogen-bond donors (Lipinski definition) is 2. The van der Waals surface area contributed by atoms with Crippen molar-refractivity contribution in [3.8, 4) is 5.75 Å². The molecule has 0 unspecified atom stereocenters. The molecular formula is C16H13Cl2N3O5. The third kappa shape index (κ3) is 5.33. The quantitative estimate of drug-likeness (QED) is 0.454. The maximum absolute atomic E-state index is 12.1. The molecule has 1 aromatic heterocycles. The smallest absolute Gasteiger partial charge is 0.340 e. The van der Waals surface area contributed by atoms with E-state index in [1.165, 1.54) is 37.6 Å². The molecule has 0 radical (unpaired) electrons. The Morgan fingerprint density at radius 2 is 1.88 bits per heavy atom. The van der Waals surface area contributed by atoms with Gasteiger partial charge in [0.1, 0.15) is 10.9 Å². The second-order valence-electron chi connectivity index (χ2n) is 4.79. The Morgan fingerprint density at radius 1 is 1.12 bits per heavy atom. The number of methoxy groups -OCH3 is 1. The fourth-order valence-corrected chi connectivity index (χ4v) is 2.08. The van der Waals surface area contributed by atoms with Crippen LogP contribution in [0, 0.1) is 0 Å². The molecule has 0 saturated heterocycles. The second kappa shape index (κ2) is 9.02. The van der Waals surface area contributed by atoms with Crippen LogP contribution in [-0.2, 0) is 9.53 Å². The van der Waals surface area contributed by atoms with E-state index in [0.29, 0.717) is 5.02 Å². The summed E-state index contributed by atoms with van der Waals surface area (Å²) in [7, 11) is 1.39. The number of nitrogens with one attached hydrogen (secondary N) is 2. The minimum atomic E-state index is -0.757. The molecule has 8 nitrogen and oxygen atoms in total. The standard InChI is InChI=1S/C16H13Cl2N3O5/c1-25-12-4-3-10(17)6-11(12)15(23)21-20-14(22)8-26-16(24)9-2-5-13(18)19-7-9/h2-7H,8H2,1H3,(H,20,22)(H,21,23). The molecule has 1 heterocycles. The summed E-state index contributed by atoms with van der Waals surface area (Å²) < 4.78 is 9.85. The molecule has 136 valence electrons. The average Bonchev–Trinajstić information content (AvgIpc) is 2.64. The molecule has 1 aromatic carbocycles. The van der Waals surface area contributed by atoms with Crippen molar-refractivity contribution in [3.63, 3.8) is 0 Å². The van der Waals surface area contributed by atoms with Crippen molar-refractivity contribution in [3.05, 3.63) is 57.8 Å². The summed E-state index contributed by atoms with van der Waals surface area (Å²) in [5.41, 5.74) is 4.55. The number of rotatable bonds is 5. The predicted octanol–water partition coefficient (Wildman–Crippen LogP) is 2.01. The summed E-state index contributed by atoms with van der Waals surface area (Å²) in [6.45, 7) is -0.603. The molecule has 2 N–H and O–H groups in total. The van der Waals surface area contributed by atoms with Gasteiger partial charge in [-0.15, -0.1) is 0 Å². The van der Waals surface area contributed by atoms with E-state index in [1.807, 2.05) is 0 Å². The van der Waals surface area contributed by atoms with Gasteiger partial charge in [0.25, 0.3) is 11.8 Å². The van der Waals surface area contributed by atoms with Crippen LogP contribution in [0.5, 0.6) is 5.75 Å². The number of ether oxygens (including phenoxy) is 2. The highest BCUT2D eigenvalue weighted by molar-refractivity contribution is 6.31. The average molecular weight is 398 g/mol. The minimum absolute atomic E-state index is 0.129. The van der Waals surface area contributed by atoms with E-state index in [-0.39, 0.29) is 22.0 Å². The van der Waals surface area contributed by atoms with Crippen molar-refractivity contribution in [1.29, 1.82) is 0 Å². The van der Waals surface area contributed by atoms with Gasteiger partial charge in [-0.25, -0.2) is 9.78 Å². The van der Waals surface area contributed by atoms with Crippen molar-refractivity contribution < 1.29 is 23.9 Å². The predicted molar refractivity (Wildman–Crippen MR) is 93.1 cm³/mol. The topological polar surface area (TPSA) is 107 Å². The number of nitrogens with zero attached hydrogens (tertiary/aromatic N) is 1. The van der Waals surface area contributed by atoms with E-state index in [1.54, 1.807) is 6.07 Å². The zero-order valence-electron chi connectivity index (χ0n) is 13.4. The molecule has 0 atom stereocenters. The van der Waals surface area contributed by atoms with Gasteiger partial charge in [0.05, 0.1) is 18.2 Å². The number of hydrogen-bond acceptors (Lipinski definition) is 6. The number of aromatic nitrogens is 1. The maximum atomic E-state index is 12.1.